The van der Waals surface area contributed by atoms with Gasteiger partial charge in [-0.05, 0) is 50.3 Å². The molecule has 1 aliphatic rings. The largest absolute Gasteiger partial charge is 0.494 e. The first kappa shape index (κ1) is 16.2. The van der Waals surface area contributed by atoms with E-state index in [0.717, 1.165) is 24.5 Å². The maximum Gasteiger partial charge on any atom is 0.123 e. The van der Waals surface area contributed by atoms with Gasteiger partial charge in [-0.15, -0.1) is 0 Å². The van der Waals surface area contributed by atoms with Gasteiger partial charge in [0, 0.05) is 12.1 Å². The van der Waals surface area contributed by atoms with E-state index in [1.807, 2.05) is 31.2 Å². The van der Waals surface area contributed by atoms with E-state index in [1.54, 1.807) is 0 Å². The van der Waals surface area contributed by atoms with E-state index < -0.39 is 0 Å². The van der Waals surface area contributed by atoms with Crippen molar-refractivity contribution in [3.63, 3.8) is 0 Å². The SMILES string of the molecule is CCNC1CCC(C)(C)CC1Oc1cccc(OCC)c1. The number of nitrogens with one attached hydrogen (secondary N) is 1. The van der Waals surface area contributed by atoms with Crippen LogP contribution in [-0.4, -0.2) is 25.3 Å². The summed E-state index contributed by atoms with van der Waals surface area (Å²) >= 11 is 0. The summed E-state index contributed by atoms with van der Waals surface area (Å²) in [6, 6.07) is 8.43. The number of hydrogen-bond donors (Lipinski definition) is 1. The Bertz CT molecular complexity index is 445. The van der Waals surface area contributed by atoms with E-state index in [1.165, 1.54) is 12.8 Å². The lowest BCUT2D eigenvalue weighted by atomic mass is 9.74. The van der Waals surface area contributed by atoms with Gasteiger partial charge in [-0.2, -0.15) is 0 Å². The standard InChI is InChI=1S/C18H29NO2/c1-5-19-16-10-11-18(3,4)13-17(16)21-15-9-7-8-14(12-15)20-6-2/h7-9,12,16-17,19H,5-6,10-11,13H2,1-4H3. The fourth-order valence-electron chi connectivity index (χ4n) is 3.12. The quantitative estimate of drug-likeness (QED) is 0.858. The van der Waals surface area contributed by atoms with Crippen LogP contribution in [0.25, 0.3) is 0 Å². The van der Waals surface area contributed by atoms with Gasteiger partial charge in [-0.1, -0.05) is 26.8 Å². The molecule has 3 nitrogen and oxygen atoms in total. The van der Waals surface area contributed by atoms with Crippen LogP contribution in [0.2, 0.25) is 0 Å². The molecule has 21 heavy (non-hydrogen) atoms. The lowest BCUT2D eigenvalue weighted by Gasteiger charge is -2.41. The summed E-state index contributed by atoms with van der Waals surface area (Å²) < 4.78 is 11.9. The maximum absolute atomic E-state index is 6.30. The van der Waals surface area contributed by atoms with Crippen molar-refractivity contribution in [3.8, 4) is 11.5 Å². The fourth-order valence-corrected chi connectivity index (χ4v) is 3.12. The van der Waals surface area contributed by atoms with Gasteiger partial charge in [-0.3, -0.25) is 0 Å². The normalized spacial score (nSPS) is 24.6. The summed E-state index contributed by atoms with van der Waals surface area (Å²) in [7, 11) is 0. The molecule has 0 bridgehead atoms. The Labute approximate surface area is 129 Å². The Morgan fingerprint density at radius 2 is 2.00 bits per heavy atom. The molecule has 1 aromatic rings. The molecule has 118 valence electrons. The Morgan fingerprint density at radius 1 is 1.24 bits per heavy atom. The zero-order valence-electron chi connectivity index (χ0n) is 13.8. The molecule has 0 saturated heterocycles. The van der Waals surface area contributed by atoms with Gasteiger partial charge in [0.15, 0.2) is 0 Å². The molecule has 2 rings (SSSR count). The fraction of sp³-hybridized carbons (Fsp3) is 0.667. The molecule has 3 heteroatoms. The number of benzene rings is 1. The van der Waals surface area contributed by atoms with Gasteiger partial charge in [0.25, 0.3) is 0 Å². The van der Waals surface area contributed by atoms with Crippen LogP contribution >= 0.6 is 0 Å². The Morgan fingerprint density at radius 3 is 2.71 bits per heavy atom. The van der Waals surface area contributed by atoms with Crippen molar-refractivity contribution >= 4 is 0 Å². The molecule has 1 saturated carbocycles. The third-order valence-corrected chi connectivity index (χ3v) is 4.20. The van der Waals surface area contributed by atoms with Crippen LogP contribution in [0.1, 0.15) is 47.0 Å². The zero-order chi connectivity index (χ0) is 15.3. The minimum atomic E-state index is 0.227. The molecule has 1 fully saturated rings. The third kappa shape index (κ3) is 4.63. The Kier molecular flexibility index (Phi) is 5.51. The Balaban J connectivity index is 2.08. The minimum absolute atomic E-state index is 0.227. The predicted octanol–water partition coefficient (Wildman–Crippen LogP) is 4.02. The van der Waals surface area contributed by atoms with Crippen LogP contribution in [0.4, 0.5) is 0 Å². The molecule has 0 aromatic heterocycles. The highest BCUT2D eigenvalue weighted by Gasteiger charge is 2.35. The van der Waals surface area contributed by atoms with E-state index in [9.17, 15) is 0 Å². The van der Waals surface area contributed by atoms with E-state index in [0.29, 0.717) is 18.1 Å². The molecule has 1 aliphatic carbocycles. The first-order valence-electron chi connectivity index (χ1n) is 8.17. The van der Waals surface area contributed by atoms with Crippen LogP contribution in [-0.2, 0) is 0 Å². The van der Waals surface area contributed by atoms with E-state index in [-0.39, 0.29) is 6.10 Å². The lowest BCUT2D eigenvalue weighted by molar-refractivity contribution is 0.0535. The maximum atomic E-state index is 6.30. The minimum Gasteiger partial charge on any atom is -0.494 e. The smallest absolute Gasteiger partial charge is 0.123 e. The molecule has 0 radical (unpaired) electrons. The molecule has 2 unspecified atom stereocenters. The van der Waals surface area contributed by atoms with Crippen molar-refractivity contribution in [2.24, 2.45) is 5.41 Å². The summed E-state index contributed by atoms with van der Waals surface area (Å²) in [5, 5.41) is 3.58. The van der Waals surface area contributed by atoms with Crippen molar-refractivity contribution in [1.29, 1.82) is 0 Å². The van der Waals surface area contributed by atoms with Crippen LogP contribution < -0.4 is 14.8 Å². The summed E-state index contributed by atoms with van der Waals surface area (Å²) in [6.07, 6.45) is 3.74. The average Bonchev–Trinajstić information content (AvgIpc) is 2.42. The number of hydrogen-bond acceptors (Lipinski definition) is 3. The van der Waals surface area contributed by atoms with E-state index in [4.69, 9.17) is 9.47 Å². The monoisotopic (exact) mass is 291 g/mol. The second-order valence-corrected chi connectivity index (χ2v) is 6.64. The summed E-state index contributed by atoms with van der Waals surface area (Å²) in [6.45, 7) is 10.5. The molecule has 1 aromatic carbocycles. The second-order valence-electron chi connectivity index (χ2n) is 6.64. The first-order valence-corrected chi connectivity index (χ1v) is 8.17. The van der Waals surface area contributed by atoms with Gasteiger partial charge in [0.1, 0.15) is 17.6 Å². The molecule has 0 aliphatic heterocycles. The zero-order valence-corrected chi connectivity index (χ0v) is 13.8. The topological polar surface area (TPSA) is 30.5 Å². The van der Waals surface area contributed by atoms with Crippen LogP contribution in [0.5, 0.6) is 11.5 Å². The summed E-state index contributed by atoms with van der Waals surface area (Å²) in [5.41, 5.74) is 0.355. The van der Waals surface area contributed by atoms with Crippen LogP contribution in [0, 0.1) is 5.41 Å². The second kappa shape index (κ2) is 7.17. The number of rotatable bonds is 6. The molecule has 0 heterocycles. The number of likely N-dealkylation sites (N-methyl/N-ethyl adjacent to an activating group) is 1. The highest BCUT2D eigenvalue weighted by atomic mass is 16.5. The van der Waals surface area contributed by atoms with Crippen molar-refractivity contribution in [1.82, 2.24) is 5.32 Å². The molecule has 1 N–H and O–H groups in total. The molecule has 2 atom stereocenters. The van der Waals surface area contributed by atoms with Crippen LogP contribution in [0.3, 0.4) is 0 Å². The van der Waals surface area contributed by atoms with Crippen LogP contribution in [0.15, 0.2) is 24.3 Å². The van der Waals surface area contributed by atoms with Crippen molar-refractivity contribution in [2.75, 3.05) is 13.2 Å². The highest BCUT2D eigenvalue weighted by molar-refractivity contribution is 5.33. The number of ether oxygens (including phenoxy) is 2. The van der Waals surface area contributed by atoms with E-state index >= 15 is 0 Å². The van der Waals surface area contributed by atoms with Gasteiger partial charge in [0.05, 0.1) is 6.61 Å². The summed E-state index contributed by atoms with van der Waals surface area (Å²) in [5.74, 6) is 1.79. The molecular formula is C18H29NO2. The lowest BCUT2D eigenvalue weighted by Crippen LogP contribution is -2.49. The van der Waals surface area contributed by atoms with Crippen molar-refractivity contribution in [3.05, 3.63) is 24.3 Å². The van der Waals surface area contributed by atoms with Gasteiger partial charge < -0.3 is 14.8 Å². The van der Waals surface area contributed by atoms with Gasteiger partial charge >= 0.3 is 0 Å². The van der Waals surface area contributed by atoms with Crippen molar-refractivity contribution < 1.29 is 9.47 Å². The van der Waals surface area contributed by atoms with Gasteiger partial charge in [-0.25, -0.2) is 0 Å². The Hall–Kier alpha value is -1.22. The molecule has 0 amide bonds. The average molecular weight is 291 g/mol. The highest BCUT2D eigenvalue weighted by Crippen LogP contribution is 2.37. The van der Waals surface area contributed by atoms with E-state index in [2.05, 4.69) is 26.1 Å². The molecular weight excluding hydrogens is 262 g/mol. The summed E-state index contributed by atoms with van der Waals surface area (Å²) in [4.78, 5) is 0. The van der Waals surface area contributed by atoms with Gasteiger partial charge in [0.2, 0.25) is 0 Å². The third-order valence-electron chi connectivity index (χ3n) is 4.20. The molecule has 0 spiro atoms. The predicted molar refractivity (Wildman–Crippen MR) is 87.1 cm³/mol. The first-order chi connectivity index (χ1) is 10.0. The van der Waals surface area contributed by atoms with Crippen molar-refractivity contribution in [2.45, 2.75) is 59.1 Å².